The van der Waals surface area contributed by atoms with Gasteiger partial charge < -0.3 is 14.0 Å². The van der Waals surface area contributed by atoms with Crippen LogP contribution in [0.2, 0.25) is 0 Å². The molecule has 1 saturated heterocycles. The first-order valence-electron chi connectivity index (χ1n) is 12.3. The Balaban J connectivity index is 1.47. The van der Waals surface area contributed by atoms with Crippen molar-refractivity contribution in [2.24, 2.45) is 7.05 Å². The fraction of sp³-hybridized carbons (Fsp3) is 0.444. The third-order valence-electron chi connectivity index (χ3n) is 6.76. The smallest absolute Gasteiger partial charge is 0.329 e. The molecule has 0 bridgehead atoms. The van der Waals surface area contributed by atoms with Gasteiger partial charge in [-0.3, -0.25) is 14.1 Å². The van der Waals surface area contributed by atoms with Crippen LogP contribution in [-0.4, -0.2) is 71.1 Å². The molecule has 1 fully saturated rings. The summed E-state index contributed by atoms with van der Waals surface area (Å²) in [5.41, 5.74) is 4.70. The highest BCUT2D eigenvalue weighted by Crippen LogP contribution is 2.32. The Morgan fingerprint density at radius 1 is 1.06 bits per heavy atom. The molecule has 8 nitrogen and oxygen atoms in total. The van der Waals surface area contributed by atoms with E-state index in [4.69, 9.17) is 9.47 Å². The maximum Gasteiger partial charge on any atom is 0.329 e. The lowest BCUT2D eigenvalue weighted by Gasteiger charge is -2.23. The number of quaternary nitrogens is 1. The van der Waals surface area contributed by atoms with Crippen molar-refractivity contribution in [1.82, 2.24) is 19.1 Å². The summed E-state index contributed by atoms with van der Waals surface area (Å²) < 4.78 is 16.0. The first-order valence-corrected chi connectivity index (χ1v) is 12.3. The molecule has 3 aromatic heterocycles. The predicted octanol–water partition coefficient (Wildman–Crippen LogP) is 3.78. The average Bonchev–Trinajstić information content (AvgIpc) is 3.12. The Morgan fingerprint density at radius 2 is 1.83 bits per heavy atom. The maximum absolute atomic E-state index is 13.2. The van der Waals surface area contributed by atoms with Crippen molar-refractivity contribution in [2.75, 3.05) is 47.5 Å². The summed E-state index contributed by atoms with van der Waals surface area (Å²) in [6.07, 6.45) is 6.30. The molecule has 0 N–H and O–H groups in total. The fourth-order valence-corrected chi connectivity index (χ4v) is 4.84. The highest BCUT2D eigenvalue weighted by molar-refractivity contribution is 6.04. The number of nitrogens with zero attached hydrogens (tertiary/aromatic N) is 5. The Bertz CT molecular complexity index is 1390. The lowest BCUT2D eigenvalue weighted by molar-refractivity contribution is -0.870. The van der Waals surface area contributed by atoms with Crippen LogP contribution >= 0.6 is 0 Å². The second kappa shape index (κ2) is 9.43. The molecule has 8 heteroatoms. The zero-order chi connectivity index (χ0) is 24.6. The minimum atomic E-state index is 0.0000295. The van der Waals surface area contributed by atoms with Crippen LogP contribution in [0.15, 0.2) is 47.5 Å². The van der Waals surface area contributed by atoms with E-state index < -0.39 is 0 Å². The van der Waals surface area contributed by atoms with Gasteiger partial charge in [0.25, 0.3) is 0 Å². The number of fused-ring (bicyclic) bond motifs is 3. The SMILES string of the molecule is Cn1c(=O)n(C2CCOCC2)c2c3cc(-c4ccc(OCCC[N+](C)(C)C)nc4)ccc3ncc21. The van der Waals surface area contributed by atoms with Gasteiger partial charge in [0.1, 0.15) is 0 Å². The minimum absolute atomic E-state index is 0.0000295. The Kier molecular flexibility index (Phi) is 6.34. The van der Waals surface area contributed by atoms with Crippen molar-refractivity contribution >= 4 is 21.9 Å². The van der Waals surface area contributed by atoms with E-state index in [2.05, 4.69) is 43.2 Å². The van der Waals surface area contributed by atoms with Gasteiger partial charge in [-0.05, 0) is 36.6 Å². The topological polar surface area (TPSA) is 71.2 Å². The van der Waals surface area contributed by atoms with Crippen molar-refractivity contribution in [2.45, 2.75) is 25.3 Å². The van der Waals surface area contributed by atoms with Crippen LogP contribution in [0.1, 0.15) is 25.3 Å². The molecule has 4 aromatic rings. The fourth-order valence-electron chi connectivity index (χ4n) is 4.84. The molecule has 0 saturated carbocycles. The monoisotopic (exact) mass is 476 g/mol. The van der Waals surface area contributed by atoms with Crippen LogP contribution in [-0.2, 0) is 11.8 Å². The summed E-state index contributed by atoms with van der Waals surface area (Å²) in [6.45, 7) is 3.06. The number of hydrogen-bond donors (Lipinski definition) is 0. The molecule has 35 heavy (non-hydrogen) atoms. The number of pyridine rings is 2. The molecule has 4 heterocycles. The number of imidazole rings is 1. The van der Waals surface area contributed by atoms with Gasteiger partial charge >= 0.3 is 5.69 Å². The van der Waals surface area contributed by atoms with Crippen LogP contribution in [0.25, 0.3) is 33.1 Å². The van der Waals surface area contributed by atoms with Gasteiger partial charge in [0.05, 0.1) is 57.0 Å². The highest BCUT2D eigenvalue weighted by Gasteiger charge is 2.23. The average molecular weight is 477 g/mol. The van der Waals surface area contributed by atoms with Crippen molar-refractivity contribution in [3.8, 4) is 17.0 Å². The van der Waals surface area contributed by atoms with Crippen LogP contribution in [0.5, 0.6) is 5.88 Å². The molecule has 5 rings (SSSR count). The summed E-state index contributed by atoms with van der Waals surface area (Å²) in [4.78, 5) is 22.4. The van der Waals surface area contributed by atoms with E-state index in [1.807, 2.05) is 36.0 Å². The molecule has 1 aromatic carbocycles. The number of aryl methyl sites for hydroxylation is 1. The predicted molar refractivity (Wildman–Crippen MR) is 138 cm³/mol. The summed E-state index contributed by atoms with van der Waals surface area (Å²) in [5.74, 6) is 0.636. The van der Waals surface area contributed by atoms with E-state index in [0.29, 0.717) is 25.7 Å². The largest absolute Gasteiger partial charge is 0.477 e. The van der Waals surface area contributed by atoms with Crippen molar-refractivity contribution in [3.63, 3.8) is 0 Å². The van der Waals surface area contributed by atoms with Crippen LogP contribution in [0.4, 0.5) is 0 Å². The zero-order valence-corrected chi connectivity index (χ0v) is 21.0. The van der Waals surface area contributed by atoms with Crippen molar-refractivity contribution in [3.05, 3.63) is 53.2 Å². The summed E-state index contributed by atoms with van der Waals surface area (Å²) in [6, 6.07) is 10.3. The number of aromatic nitrogens is 4. The molecule has 0 spiro atoms. The lowest BCUT2D eigenvalue weighted by Crippen LogP contribution is -2.35. The number of rotatable bonds is 7. The van der Waals surface area contributed by atoms with Gasteiger partial charge in [-0.15, -0.1) is 0 Å². The van der Waals surface area contributed by atoms with Crippen molar-refractivity contribution in [1.29, 1.82) is 0 Å². The standard InChI is InChI=1S/C27H34N5O3/c1-30-24-18-28-23-8-6-19(20-7-9-25(29-17-20)35-13-5-12-32(2,3)4)16-22(23)26(24)31(27(30)33)21-10-14-34-15-11-21/h6-9,16-18,21H,5,10-15H2,1-4H3/q+1. The maximum atomic E-state index is 13.2. The van der Waals surface area contributed by atoms with Crippen LogP contribution in [0, 0.1) is 0 Å². The lowest BCUT2D eigenvalue weighted by atomic mass is 10.0. The molecule has 0 aliphatic carbocycles. The third-order valence-corrected chi connectivity index (χ3v) is 6.76. The Hall–Kier alpha value is -3.23. The highest BCUT2D eigenvalue weighted by atomic mass is 16.5. The summed E-state index contributed by atoms with van der Waals surface area (Å²) in [7, 11) is 8.36. The van der Waals surface area contributed by atoms with Crippen molar-refractivity contribution < 1.29 is 14.0 Å². The second-order valence-electron chi connectivity index (χ2n) is 10.4. The van der Waals surface area contributed by atoms with Gasteiger partial charge in [0.15, 0.2) is 0 Å². The van der Waals surface area contributed by atoms with Gasteiger partial charge in [-0.2, -0.15) is 0 Å². The van der Waals surface area contributed by atoms with E-state index in [1.165, 1.54) is 0 Å². The minimum Gasteiger partial charge on any atom is -0.477 e. The van der Waals surface area contributed by atoms with Gasteiger partial charge in [0, 0.05) is 55.9 Å². The molecule has 0 radical (unpaired) electrons. The third kappa shape index (κ3) is 4.81. The van der Waals surface area contributed by atoms with E-state index in [1.54, 1.807) is 10.8 Å². The first kappa shape index (κ1) is 23.5. The van der Waals surface area contributed by atoms with Gasteiger partial charge in [-0.25, -0.2) is 9.78 Å². The number of benzene rings is 1. The number of hydrogen-bond acceptors (Lipinski definition) is 5. The van der Waals surface area contributed by atoms with Crippen LogP contribution < -0.4 is 10.4 Å². The van der Waals surface area contributed by atoms with E-state index >= 15 is 0 Å². The molecule has 0 amide bonds. The van der Waals surface area contributed by atoms with E-state index in [9.17, 15) is 4.79 Å². The molecule has 1 aliphatic heterocycles. The molecule has 1 aliphatic rings. The molecular weight excluding hydrogens is 442 g/mol. The quantitative estimate of drug-likeness (QED) is 0.300. The molecule has 0 unspecified atom stereocenters. The zero-order valence-electron chi connectivity index (χ0n) is 21.0. The van der Waals surface area contributed by atoms with E-state index in [0.717, 1.165) is 63.4 Å². The Morgan fingerprint density at radius 3 is 2.54 bits per heavy atom. The first-order chi connectivity index (χ1) is 16.8. The Labute approximate surface area is 205 Å². The molecular formula is C27H34N5O3+. The number of ether oxygens (including phenoxy) is 2. The second-order valence-corrected chi connectivity index (χ2v) is 10.4. The van der Waals surface area contributed by atoms with E-state index in [-0.39, 0.29) is 11.7 Å². The summed E-state index contributed by atoms with van der Waals surface area (Å²) >= 11 is 0. The molecule has 0 atom stereocenters. The van der Waals surface area contributed by atoms with Crippen LogP contribution in [0.3, 0.4) is 0 Å². The van der Waals surface area contributed by atoms with Gasteiger partial charge in [0.2, 0.25) is 5.88 Å². The summed E-state index contributed by atoms with van der Waals surface area (Å²) in [5, 5.41) is 0.977. The van der Waals surface area contributed by atoms with Gasteiger partial charge in [-0.1, -0.05) is 6.07 Å². The normalized spacial score (nSPS) is 15.2. The molecule has 184 valence electrons.